The maximum absolute atomic E-state index is 3.69. The summed E-state index contributed by atoms with van der Waals surface area (Å²) in [5, 5.41) is 2.18. The van der Waals surface area contributed by atoms with Crippen LogP contribution in [0.3, 0.4) is 0 Å². The monoisotopic (exact) mass is 254 g/mol. The van der Waals surface area contributed by atoms with Crippen LogP contribution in [0.1, 0.15) is 12.8 Å². The van der Waals surface area contributed by atoms with Gasteiger partial charge in [0, 0.05) is 10.7 Å². The largest absolute Gasteiger partial charge is 0.103 e. The van der Waals surface area contributed by atoms with Crippen LogP contribution in [0.4, 0.5) is 0 Å². The van der Waals surface area contributed by atoms with Crippen LogP contribution in [-0.4, -0.2) is 10.7 Å². The number of alkyl halides is 2. The van der Waals surface area contributed by atoms with E-state index in [4.69, 9.17) is 0 Å². The lowest BCUT2D eigenvalue weighted by molar-refractivity contribution is 0.593. The second kappa shape index (κ2) is 6.81. The van der Waals surface area contributed by atoms with Crippen molar-refractivity contribution in [3.8, 4) is 0 Å². The van der Waals surface area contributed by atoms with Crippen molar-refractivity contribution >= 4 is 31.9 Å². The molecular formula is C7H12Br2. The third-order valence-corrected chi connectivity index (χ3v) is 2.61. The summed E-state index contributed by atoms with van der Waals surface area (Å²) in [6.07, 6.45) is 4.34. The van der Waals surface area contributed by atoms with Gasteiger partial charge >= 0.3 is 0 Å². The minimum Gasteiger partial charge on any atom is -0.103 e. The topological polar surface area (TPSA) is 0 Å². The molecule has 0 aliphatic carbocycles. The predicted octanol–water partition coefficient (Wildman–Crippen LogP) is 3.36. The molecule has 0 aliphatic heterocycles. The molecule has 0 aliphatic rings. The van der Waals surface area contributed by atoms with Crippen molar-refractivity contribution in [2.75, 3.05) is 10.7 Å². The lowest BCUT2D eigenvalue weighted by atomic mass is 10.1. The maximum atomic E-state index is 3.69. The van der Waals surface area contributed by atoms with E-state index in [0.29, 0.717) is 0 Å². The fourth-order valence-corrected chi connectivity index (χ4v) is 1.88. The van der Waals surface area contributed by atoms with Crippen molar-refractivity contribution in [1.82, 2.24) is 0 Å². The lowest BCUT2D eigenvalue weighted by Crippen LogP contribution is -2.00. The third kappa shape index (κ3) is 5.16. The van der Waals surface area contributed by atoms with E-state index in [2.05, 4.69) is 38.4 Å². The number of rotatable bonds is 5. The van der Waals surface area contributed by atoms with Gasteiger partial charge in [0.25, 0.3) is 0 Å². The van der Waals surface area contributed by atoms with Crippen molar-refractivity contribution < 1.29 is 0 Å². The Labute approximate surface area is 74.0 Å². The van der Waals surface area contributed by atoms with Gasteiger partial charge in [0.15, 0.2) is 0 Å². The molecule has 0 saturated carbocycles. The first kappa shape index (κ1) is 9.70. The van der Waals surface area contributed by atoms with Gasteiger partial charge in [-0.05, 0) is 18.8 Å². The van der Waals surface area contributed by atoms with Gasteiger partial charge in [-0.3, -0.25) is 0 Å². The van der Waals surface area contributed by atoms with Gasteiger partial charge in [-0.25, -0.2) is 0 Å². The lowest BCUT2D eigenvalue weighted by Gasteiger charge is -2.07. The Morgan fingerprint density at radius 3 is 2.44 bits per heavy atom. The molecule has 0 aromatic carbocycles. The van der Waals surface area contributed by atoms with Crippen LogP contribution in [0.5, 0.6) is 0 Å². The van der Waals surface area contributed by atoms with Crippen LogP contribution in [0.25, 0.3) is 0 Å². The van der Waals surface area contributed by atoms with Crippen LogP contribution in [0.15, 0.2) is 12.7 Å². The van der Waals surface area contributed by atoms with Crippen molar-refractivity contribution in [3.05, 3.63) is 12.7 Å². The normalized spacial score (nSPS) is 13.1. The average Bonchev–Trinajstić information content (AvgIpc) is 1.88. The molecule has 0 N–H and O–H groups in total. The second-order valence-electron chi connectivity index (χ2n) is 2.02. The number of allylic oxidation sites excluding steroid dienone is 1. The van der Waals surface area contributed by atoms with Gasteiger partial charge < -0.3 is 0 Å². The van der Waals surface area contributed by atoms with Gasteiger partial charge in [0.2, 0.25) is 0 Å². The standard InChI is InChI=1S/C7H12Br2/c1-2-3-7(6-9)4-5-8/h2,7H,1,3-6H2/t7-/m1/s1. The Hall–Kier alpha value is 0.700. The van der Waals surface area contributed by atoms with E-state index in [9.17, 15) is 0 Å². The van der Waals surface area contributed by atoms with E-state index in [0.717, 1.165) is 23.0 Å². The Morgan fingerprint density at radius 1 is 1.44 bits per heavy atom. The highest BCUT2D eigenvalue weighted by Gasteiger charge is 2.01. The summed E-state index contributed by atoms with van der Waals surface area (Å²) in [6.45, 7) is 3.69. The first-order valence-electron chi connectivity index (χ1n) is 3.08. The summed E-state index contributed by atoms with van der Waals surface area (Å²) >= 11 is 6.85. The zero-order valence-corrected chi connectivity index (χ0v) is 8.62. The summed E-state index contributed by atoms with van der Waals surface area (Å²) in [6, 6.07) is 0. The molecule has 0 nitrogen and oxygen atoms in total. The summed E-state index contributed by atoms with van der Waals surface area (Å²) < 4.78 is 0. The highest BCUT2D eigenvalue weighted by molar-refractivity contribution is 9.09. The van der Waals surface area contributed by atoms with Gasteiger partial charge in [0.1, 0.15) is 0 Å². The van der Waals surface area contributed by atoms with Crippen LogP contribution in [0, 0.1) is 5.92 Å². The maximum Gasteiger partial charge on any atom is 0.00629 e. The van der Waals surface area contributed by atoms with Crippen LogP contribution < -0.4 is 0 Å². The molecule has 9 heavy (non-hydrogen) atoms. The molecule has 54 valence electrons. The van der Waals surface area contributed by atoms with Crippen molar-refractivity contribution in [2.24, 2.45) is 5.92 Å². The fraction of sp³-hybridized carbons (Fsp3) is 0.714. The molecule has 0 amide bonds. The zero-order chi connectivity index (χ0) is 7.11. The van der Waals surface area contributed by atoms with Crippen LogP contribution in [0.2, 0.25) is 0 Å². The molecule has 2 heteroatoms. The van der Waals surface area contributed by atoms with E-state index in [1.165, 1.54) is 6.42 Å². The highest BCUT2D eigenvalue weighted by Crippen LogP contribution is 2.13. The fourth-order valence-electron chi connectivity index (χ4n) is 0.648. The first-order chi connectivity index (χ1) is 4.35. The van der Waals surface area contributed by atoms with E-state index in [1.54, 1.807) is 0 Å². The van der Waals surface area contributed by atoms with E-state index >= 15 is 0 Å². The molecule has 0 unspecified atom stereocenters. The molecule has 0 saturated heterocycles. The number of halogens is 2. The van der Waals surface area contributed by atoms with Gasteiger partial charge in [0.05, 0.1) is 0 Å². The number of hydrogen-bond donors (Lipinski definition) is 0. The molecule has 0 bridgehead atoms. The molecule has 0 fully saturated rings. The Morgan fingerprint density at radius 2 is 2.11 bits per heavy atom. The molecule has 0 aromatic rings. The van der Waals surface area contributed by atoms with Gasteiger partial charge in [-0.2, -0.15) is 0 Å². The Balaban J connectivity index is 3.28. The molecule has 0 radical (unpaired) electrons. The Kier molecular flexibility index (Phi) is 7.34. The zero-order valence-electron chi connectivity index (χ0n) is 5.45. The Bertz CT molecular complexity index is 71.3. The van der Waals surface area contributed by atoms with Gasteiger partial charge in [-0.15, -0.1) is 6.58 Å². The quantitative estimate of drug-likeness (QED) is 0.522. The van der Waals surface area contributed by atoms with E-state index in [-0.39, 0.29) is 0 Å². The van der Waals surface area contributed by atoms with Gasteiger partial charge in [-0.1, -0.05) is 37.9 Å². The molecule has 0 aromatic heterocycles. The van der Waals surface area contributed by atoms with Crippen molar-refractivity contribution in [1.29, 1.82) is 0 Å². The smallest absolute Gasteiger partial charge is 0.00629 e. The molecular weight excluding hydrogens is 244 g/mol. The van der Waals surface area contributed by atoms with E-state index in [1.807, 2.05) is 6.08 Å². The summed E-state index contributed by atoms with van der Waals surface area (Å²) in [5.74, 6) is 0.766. The summed E-state index contributed by atoms with van der Waals surface area (Å²) in [5.41, 5.74) is 0. The minimum absolute atomic E-state index is 0.766. The van der Waals surface area contributed by atoms with Crippen molar-refractivity contribution in [2.45, 2.75) is 12.8 Å². The summed E-state index contributed by atoms with van der Waals surface area (Å²) in [7, 11) is 0. The predicted molar refractivity (Wildman–Crippen MR) is 50.5 cm³/mol. The second-order valence-corrected chi connectivity index (χ2v) is 3.46. The van der Waals surface area contributed by atoms with Crippen LogP contribution in [-0.2, 0) is 0 Å². The average molecular weight is 256 g/mol. The highest BCUT2D eigenvalue weighted by atomic mass is 79.9. The first-order valence-corrected chi connectivity index (χ1v) is 5.32. The van der Waals surface area contributed by atoms with Crippen LogP contribution >= 0.6 is 31.9 Å². The van der Waals surface area contributed by atoms with Crippen molar-refractivity contribution in [3.63, 3.8) is 0 Å². The molecule has 0 heterocycles. The molecule has 0 spiro atoms. The number of hydrogen-bond acceptors (Lipinski definition) is 0. The minimum atomic E-state index is 0.766. The molecule has 1 atom stereocenters. The molecule has 0 rings (SSSR count). The van der Waals surface area contributed by atoms with E-state index < -0.39 is 0 Å². The third-order valence-electron chi connectivity index (χ3n) is 1.24. The SMILES string of the molecule is C=CC[C@@H](CBr)CCBr. The summed E-state index contributed by atoms with van der Waals surface area (Å²) in [4.78, 5) is 0.